The monoisotopic (exact) mass is 501 g/mol. The van der Waals surface area contributed by atoms with Gasteiger partial charge >= 0.3 is 0 Å². The molecule has 3 heterocycles. The van der Waals surface area contributed by atoms with Crippen molar-refractivity contribution in [2.45, 2.75) is 45.3 Å². The van der Waals surface area contributed by atoms with Crippen molar-refractivity contribution in [1.82, 2.24) is 10.3 Å². The molecule has 0 saturated carbocycles. The molecule has 2 aromatic carbocycles. The smallest absolute Gasteiger partial charge is 0.132 e. The van der Waals surface area contributed by atoms with Crippen LogP contribution in [0.2, 0.25) is 0 Å². The zero-order valence-electron chi connectivity index (χ0n) is 22.2. The quantitative estimate of drug-likeness (QED) is 0.466. The highest BCUT2D eigenvalue weighted by molar-refractivity contribution is 5.70. The third kappa shape index (κ3) is 5.52. The van der Waals surface area contributed by atoms with E-state index in [1.165, 1.54) is 16.7 Å². The first-order valence-corrected chi connectivity index (χ1v) is 13.5. The third-order valence-electron chi connectivity index (χ3n) is 7.92. The fourth-order valence-electron chi connectivity index (χ4n) is 5.82. The molecule has 37 heavy (non-hydrogen) atoms. The predicted octanol–water partition coefficient (Wildman–Crippen LogP) is 4.72. The van der Waals surface area contributed by atoms with E-state index in [1.807, 2.05) is 12.1 Å². The number of ether oxygens (including phenoxy) is 2. The summed E-state index contributed by atoms with van der Waals surface area (Å²) in [7, 11) is 1.72. The Morgan fingerprint density at radius 1 is 1.14 bits per heavy atom. The highest BCUT2D eigenvalue weighted by Gasteiger charge is 2.34. The van der Waals surface area contributed by atoms with Crippen molar-refractivity contribution in [1.29, 1.82) is 0 Å². The molecule has 6 nitrogen and oxygen atoms in total. The van der Waals surface area contributed by atoms with Gasteiger partial charge in [-0.25, -0.2) is 4.98 Å². The highest BCUT2D eigenvalue weighted by atomic mass is 16.5. The fourth-order valence-corrected chi connectivity index (χ4v) is 5.82. The van der Waals surface area contributed by atoms with E-state index in [4.69, 9.17) is 14.5 Å². The van der Waals surface area contributed by atoms with Crippen LogP contribution in [0.5, 0.6) is 5.75 Å². The summed E-state index contributed by atoms with van der Waals surface area (Å²) in [6.45, 7) is 8.56. The number of pyridine rings is 1. The van der Waals surface area contributed by atoms with Crippen molar-refractivity contribution in [2.24, 2.45) is 5.92 Å². The van der Waals surface area contributed by atoms with Gasteiger partial charge < -0.3 is 24.8 Å². The zero-order valence-corrected chi connectivity index (χ0v) is 22.2. The number of aliphatic hydroxyl groups is 1. The SMILES string of the molecule is COC[C@@H]1[C@H](CO)CCN1c1cccc(-c2cccc(C)c2OCc2ccc3c(c2)[C@H](C)CNCC3)n1. The van der Waals surface area contributed by atoms with Crippen LogP contribution in [0, 0.1) is 12.8 Å². The number of aliphatic hydroxyl groups excluding tert-OH is 1. The lowest BCUT2D eigenvalue weighted by atomic mass is 9.93. The van der Waals surface area contributed by atoms with Gasteiger partial charge in [-0.05, 0) is 72.7 Å². The number of nitrogens with one attached hydrogen (secondary N) is 1. The summed E-state index contributed by atoms with van der Waals surface area (Å²) in [5.74, 6) is 2.48. The summed E-state index contributed by atoms with van der Waals surface area (Å²) in [5.41, 5.74) is 7.05. The summed E-state index contributed by atoms with van der Waals surface area (Å²) >= 11 is 0. The predicted molar refractivity (Wildman–Crippen MR) is 148 cm³/mol. The second-order valence-corrected chi connectivity index (χ2v) is 10.5. The molecule has 0 spiro atoms. The third-order valence-corrected chi connectivity index (χ3v) is 7.92. The highest BCUT2D eigenvalue weighted by Crippen LogP contribution is 2.35. The minimum atomic E-state index is 0.122. The van der Waals surface area contributed by atoms with E-state index >= 15 is 0 Å². The van der Waals surface area contributed by atoms with E-state index in [1.54, 1.807) is 7.11 Å². The average molecular weight is 502 g/mol. The first kappa shape index (κ1) is 25.7. The van der Waals surface area contributed by atoms with Crippen LogP contribution in [0.25, 0.3) is 11.3 Å². The van der Waals surface area contributed by atoms with E-state index in [0.717, 1.165) is 60.9 Å². The lowest BCUT2D eigenvalue weighted by molar-refractivity contribution is 0.138. The molecule has 0 bridgehead atoms. The van der Waals surface area contributed by atoms with Gasteiger partial charge in [0.1, 0.15) is 18.2 Å². The number of benzene rings is 2. The second-order valence-electron chi connectivity index (χ2n) is 10.5. The number of hydrogen-bond acceptors (Lipinski definition) is 6. The van der Waals surface area contributed by atoms with Crippen LogP contribution in [-0.4, -0.2) is 56.1 Å². The van der Waals surface area contributed by atoms with Crippen molar-refractivity contribution >= 4 is 5.82 Å². The Balaban J connectivity index is 1.40. The van der Waals surface area contributed by atoms with Gasteiger partial charge in [0.05, 0.1) is 18.3 Å². The molecule has 2 aliphatic rings. The summed E-state index contributed by atoms with van der Waals surface area (Å²) in [5, 5.41) is 13.4. The van der Waals surface area contributed by atoms with Crippen molar-refractivity contribution in [2.75, 3.05) is 44.9 Å². The minimum absolute atomic E-state index is 0.122. The number of hydrogen-bond donors (Lipinski definition) is 2. The number of fused-ring (bicyclic) bond motifs is 1. The number of aryl methyl sites for hydroxylation is 1. The molecule has 0 unspecified atom stereocenters. The van der Waals surface area contributed by atoms with Crippen molar-refractivity contribution in [3.63, 3.8) is 0 Å². The summed E-state index contributed by atoms with van der Waals surface area (Å²) in [6, 6.07) is 19.3. The molecule has 3 aromatic rings. The Labute approximate surface area is 220 Å². The first-order valence-electron chi connectivity index (χ1n) is 13.5. The van der Waals surface area contributed by atoms with Crippen LogP contribution in [-0.2, 0) is 17.8 Å². The minimum Gasteiger partial charge on any atom is -0.488 e. The van der Waals surface area contributed by atoms with Gasteiger partial charge in [0.25, 0.3) is 0 Å². The van der Waals surface area contributed by atoms with Crippen LogP contribution in [0.1, 0.15) is 41.5 Å². The van der Waals surface area contributed by atoms with E-state index in [2.05, 4.69) is 66.5 Å². The molecule has 2 N–H and O–H groups in total. The number of aromatic nitrogens is 1. The molecule has 3 atom stereocenters. The fraction of sp³-hybridized carbons (Fsp3) is 0.452. The summed E-state index contributed by atoms with van der Waals surface area (Å²) in [6.07, 6.45) is 2.01. The molecular formula is C31H39N3O3. The lowest BCUT2D eigenvalue weighted by Gasteiger charge is -2.28. The number of methoxy groups -OCH3 is 1. The normalized spacial score (nSPS) is 21.5. The molecule has 5 rings (SSSR count). The Hall–Kier alpha value is -2.93. The standard InChI is InChI=1S/C31H39N3O3/c1-21-6-4-7-26(28-8-5-9-30(33-28)34-15-13-25(18-35)29(34)20-36-3)31(21)37-19-23-10-11-24-12-14-32-17-22(2)27(24)16-23/h4-11,16,22,25,29,32,35H,12-15,17-20H2,1-3H3/t22-,25+,29-/m1/s1. The molecule has 196 valence electrons. The average Bonchev–Trinajstić information content (AvgIpc) is 3.24. The molecule has 0 amide bonds. The topological polar surface area (TPSA) is 66.9 Å². The second kappa shape index (κ2) is 11.6. The number of para-hydroxylation sites is 1. The van der Waals surface area contributed by atoms with Crippen LogP contribution in [0.4, 0.5) is 5.82 Å². The summed E-state index contributed by atoms with van der Waals surface area (Å²) in [4.78, 5) is 7.34. The molecule has 6 heteroatoms. The molecule has 1 fully saturated rings. The van der Waals surface area contributed by atoms with Gasteiger partial charge in [-0.1, -0.05) is 43.3 Å². The van der Waals surface area contributed by atoms with E-state index in [9.17, 15) is 5.11 Å². The van der Waals surface area contributed by atoms with Gasteiger partial charge in [0.15, 0.2) is 0 Å². The van der Waals surface area contributed by atoms with E-state index in [-0.39, 0.29) is 18.6 Å². The number of anilines is 1. The maximum absolute atomic E-state index is 9.85. The van der Waals surface area contributed by atoms with Gasteiger partial charge in [-0.2, -0.15) is 0 Å². The van der Waals surface area contributed by atoms with Crippen molar-refractivity contribution in [3.8, 4) is 17.0 Å². The van der Waals surface area contributed by atoms with Gasteiger partial charge in [0.2, 0.25) is 0 Å². The van der Waals surface area contributed by atoms with Gasteiger partial charge in [-0.15, -0.1) is 0 Å². The number of rotatable bonds is 8. The zero-order chi connectivity index (χ0) is 25.8. The maximum atomic E-state index is 9.85. The lowest BCUT2D eigenvalue weighted by Crippen LogP contribution is -2.38. The van der Waals surface area contributed by atoms with Gasteiger partial charge in [0, 0.05) is 38.3 Å². The van der Waals surface area contributed by atoms with Crippen LogP contribution in [0.3, 0.4) is 0 Å². The number of nitrogens with zero attached hydrogens (tertiary/aromatic N) is 2. The maximum Gasteiger partial charge on any atom is 0.132 e. The Morgan fingerprint density at radius 2 is 2.00 bits per heavy atom. The Morgan fingerprint density at radius 3 is 2.84 bits per heavy atom. The molecule has 1 aromatic heterocycles. The molecule has 2 aliphatic heterocycles. The van der Waals surface area contributed by atoms with Crippen molar-refractivity contribution in [3.05, 3.63) is 76.9 Å². The summed E-state index contributed by atoms with van der Waals surface area (Å²) < 4.78 is 12.0. The molecule has 0 radical (unpaired) electrons. The van der Waals surface area contributed by atoms with Crippen LogP contribution >= 0.6 is 0 Å². The Kier molecular flexibility index (Phi) is 8.08. The van der Waals surface area contributed by atoms with E-state index < -0.39 is 0 Å². The van der Waals surface area contributed by atoms with Crippen molar-refractivity contribution < 1.29 is 14.6 Å². The molecular weight excluding hydrogens is 462 g/mol. The Bertz CT molecular complexity index is 1210. The molecule has 0 aliphatic carbocycles. The largest absolute Gasteiger partial charge is 0.488 e. The van der Waals surface area contributed by atoms with Crippen LogP contribution in [0.15, 0.2) is 54.6 Å². The van der Waals surface area contributed by atoms with Crippen LogP contribution < -0.4 is 15.0 Å². The first-order chi connectivity index (χ1) is 18.1. The molecule has 1 saturated heterocycles. The van der Waals surface area contributed by atoms with E-state index in [0.29, 0.717) is 19.1 Å². The van der Waals surface area contributed by atoms with Gasteiger partial charge in [-0.3, -0.25) is 0 Å².